The van der Waals surface area contributed by atoms with E-state index in [2.05, 4.69) is 5.32 Å². The van der Waals surface area contributed by atoms with Crippen LogP contribution in [-0.2, 0) is 14.3 Å². The highest BCUT2D eigenvalue weighted by Gasteiger charge is 2.24. The lowest BCUT2D eigenvalue weighted by molar-refractivity contribution is -0.160. The molecule has 1 saturated carbocycles. The molecule has 1 aliphatic rings. The quantitative estimate of drug-likeness (QED) is 0.688. The summed E-state index contributed by atoms with van der Waals surface area (Å²) in [5.74, 6) is -0.0724. The van der Waals surface area contributed by atoms with E-state index in [1.54, 1.807) is 26.0 Å². The average molecular weight is 402 g/mol. The second-order valence-corrected chi connectivity index (χ2v) is 7.51. The number of esters is 1. The molecule has 144 valence electrons. The Labute approximate surface area is 164 Å². The first-order valence-corrected chi connectivity index (χ1v) is 9.72. The van der Waals surface area contributed by atoms with Crippen molar-refractivity contribution in [1.29, 1.82) is 0 Å². The predicted molar refractivity (Wildman–Crippen MR) is 102 cm³/mol. The Balaban J connectivity index is 1.78. The van der Waals surface area contributed by atoms with Gasteiger partial charge < -0.3 is 14.8 Å². The number of hydrogen-bond acceptors (Lipinski definition) is 4. The highest BCUT2D eigenvalue weighted by molar-refractivity contribution is 6.35. The van der Waals surface area contributed by atoms with Crippen LogP contribution < -0.4 is 10.1 Å². The molecule has 7 heteroatoms. The van der Waals surface area contributed by atoms with Crippen LogP contribution in [0.25, 0.3) is 0 Å². The van der Waals surface area contributed by atoms with E-state index >= 15 is 0 Å². The topological polar surface area (TPSA) is 64.6 Å². The highest BCUT2D eigenvalue weighted by atomic mass is 35.5. The summed E-state index contributed by atoms with van der Waals surface area (Å²) in [6.07, 6.45) is 4.21. The molecule has 0 aliphatic heterocycles. The number of hydrogen-bond donors (Lipinski definition) is 1. The molecule has 2 rings (SSSR count). The fourth-order valence-electron chi connectivity index (χ4n) is 2.91. The molecule has 1 amide bonds. The minimum atomic E-state index is -0.901. The van der Waals surface area contributed by atoms with Crippen molar-refractivity contribution in [2.75, 3.05) is 6.54 Å². The second-order valence-electron chi connectivity index (χ2n) is 6.66. The molecule has 0 saturated heterocycles. The summed E-state index contributed by atoms with van der Waals surface area (Å²) in [7, 11) is 0. The molecule has 0 bridgehead atoms. The number of halogens is 2. The number of carbonyl (C=O) groups is 2. The summed E-state index contributed by atoms with van der Waals surface area (Å²) >= 11 is 11.9. The van der Waals surface area contributed by atoms with Gasteiger partial charge in [-0.2, -0.15) is 0 Å². The van der Waals surface area contributed by atoms with E-state index in [0.717, 1.165) is 12.8 Å². The van der Waals surface area contributed by atoms with Gasteiger partial charge in [-0.1, -0.05) is 42.5 Å². The Kier molecular flexibility index (Phi) is 8.04. The minimum absolute atomic E-state index is 0.291. The number of amides is 1. The molecule has 0 spiro atoms. The Morgan fingerprint density at radius 2 is 1.85 bits per heavy atom. The van der Waals surface area contributed by atoms with Crippen molar-refractivity contribution in [2.45, 2.75) is 58.2 Å². The van der Waals surface area contributed by atoms with Crippen molar-refractivity contribution in [2.24, 2.45) is 5.92 Å². The van der Waals surface area contributed by atoms with Gasteiger partial charge in [-0.3, -0.25) is 4.79 Å². The lowest BCUT2D eigenvalue weighted by Crippen LogP contribution is -2.40. The van der Waals surface area contributed by atoms with E-state index in [-0.39, 0.29) is 5.91 Å². The first-order chi connectivity index (χ1) is 12.4. The monoisotopic (exact) mass is 401 g/mol. The van der Waals surface area contributed by atoms with Crippen molar-refractivity contribution < 1.29 is 19.1 Å². The molecule has 2 atom stereocenters. The van der Waals surface area contributed by atoms with Gasteiger partial charge in [0.05, 0.1) is 5.02 Å². The summed E-state index contributed by atoms with van der Waals surface area (Å²) in [5, 5.41) is 3.64. The van der Waals surface area contributed by atoms with Crippen molar-refractivity contribution in [3.05, 3.63) is 28.2 Å². The van der Waals surface area contributed by atoms with Crippen molar-refractivity contribution in [3.8, 4) is 5.75 Å². The number of benzene rings is 1. The lowest BCUT2D eigenvalue weighted by atomic mass is 9.89. The zero-order chi connectivity index (χ0) is 19.1. The number of nitrogens with one attached hydrogen (secondary N) is 1. The predicted octanol–water partition coefficient (Wildman–Crippen LogP) is 4.39. The molecule has 5 nitrogen and oxygen atoms in total. The van der Waals surface area contributed by atoms with Gasteiger partial charge in [-0.25, -0.2) is 4.79 Å². The number of carbonyl (C=O) groups excluding carboxylic acids is 2. The maximum atomic E-state index is 12.2. The smallest absolute Gasteiger partial charge is 0.347 e. The summed E-state index contributed by atoms with van der Waals surface area (Å²) < 4.78 is 10.7. The van der Waals surface area contributed by atoms with E-state index in [0.29, 0.717) is 28.3 Å². The molecule has 0 heterocycles. The molecule has 0 radical (unpaired) electrons. The molecule has 0 aromatic heterocycles. The number of ether oxygens (including phenoxy) is 2. The van der Waals surface area contributed by atoms with E-state index in [9.17, 15) is 9.59 Å². The largest absolute Gasteiger partial charge is 0.477 e. The van der Waals surface area contributed by atoms with Crippen LogP contribution in [0.4, 0.5) is 0 Å². The van der Waals surface area contributed by atoms with E-state index < -0.39 is 18.2 Å². The van der Waals surface area contributed by atoms with Crippen LogP contribution in [0.15, 0.2) is 18.2 Å². The molecule has 0 unspecified atom stereocenters. The van der Waals surface area contributed by atoms with Gasteiger partial charge in [-0.15, -0.1) is 0 Å². The third-order valence-corrected chi connectivity index (χ3v) is 5.01. The van der Waals surface area contributed by atoms with Crippen LogP contribution in [-0.4, -0.2) is 30.6 Å². The Morgan fingerprint density at radius 3 is 2.50 bits per heavy atom. The molecule has 26 heavy (non-hydrogen) atoms. The summed E-state index contributed by atoms with van der Waals surface area (Å²) in [5.41, 5.74) is 0. The maximum Gasteiger partial charge on any atom is 0.347 e. The second kappa shape index (κ2) is 10.0. The third-order valence-electron chi connectivity index (χ3n) is 4.48. The minimum Gasteiger partial charge on any atom is -0.477 e. The molecular weight excluding hydrogens is 377 g/mol. The van der Waals surface area contributed by atoms with Gasteiger partial charge in [0, 0.05) is 11.6 Å². The van der Waals surface area contributed by atoms with Crippen LogP contribution in [0.3, 0.4) is 0 Å². The van der Waals surface area contributed by atoms with E-state index in [1.165, 1.54) is 25.3 Å². The van der Waals surface area contributed by atoms with Crippen molar-refractivity contribution in [1.82, 2.24) is 5.32 Å². The fourth-order valence-corrected chi connectivity index (χ4v) is 3.37. The van der Waals surface area contributed by atoms with Gasteiger partial charge in [0.2, 0.25) is 0 Å². The molecule has 1 N–H and O–H groups in total. The SMILES string of the molecule is C[C@H](Oc1ccc(Cl)cc1Cl)C(=O)O[C@H](C)C(=O)NCC1CCCCC1. The Hall–Kier alpha value is -1.46. The van der Waals surface area contributed by atoms with Crippen molar-refractivity contribution >= 4 is 35.1 Å². The zero-order valence-electron chi connectivity index (χ0n) is 15.1. The third kappa shape index (κ3) is 6.36. The van der Waals surface area contributed by atoms with Gasteiger partial charge in [0.1, 0.15) is 5.75 Å². The summed E-state index contributed by atoms with van der Waals surface area (Å²) in [4.78, 5) is 24.3. The average Bonchev–Trinajstić information content (AvgIpc) is 2.62. The van der Waals surface area contributed by atoms with Gasteiger partial charge in [0.25, 0.3) is 5.91 Å². The van der Waals surface area contributed by atoms with Crippen LogP contribution in [0.1, 0.15) is 46.0 Å². The van der Waals surface area contributed by atoms with Gasteiger partial charge >= 0.3 is 5.97 Å². The van der Waals surface area contributed by atoms with Gasteiger partial charge in [0.15, 0.2) is 12.2 Å². The molecule has 1 aromatic rings. The number of rotatable bonds is 7. The normalized spacial score (nSPS) is 17.2. The van der Waals surface area contributed by atoms with Crippen LogP contribution in [0.2, 0.25) is 10.0 Å². The highest BCUT2D eigenvalue weighted by Crippen LogP contribution is 2.28. The lowest BCUT2D eigenvalue weighted by Gasteiger charge is -2.23. The summed E-state index contributed by atoms with van der Waals surface area (Å²) in [6, 6.07) is 4.72. The first-order valence-electron chi connectivity index (χ1n) is 8.96. The zero-order valence-corrected chi connectivity index (χ0v) is 16.6. The Morgan fingerprint density at radius 1 is 1.15 bits per heavy atom. The molecule has 1 fully saturated rings. The molecule has 1 aromatic carbocycles. The van der Waals surface area contributed by atoms with Crippen molar-refractivity contribution in [3.63, 3.8) is 0 Å². The van der Waals surface area contributed by atoms with Gasteiger partial charge in [-0.05, 0) is 50.8 Å². The molecular formula is C19H25Cl2NO4. The first kappa shape index (κ1) is 20.8. The van der Waals surface area contributed by atoms with E-state index in [4.69, 9.17) is 32.7 Å². The molecule has 1 aliphatic carbocycles. The van der Waals surface area contributed by atoms with Crippen LogP contribution in [0.5, 0.6) is 5.75 Å². The fraction of sp³-hybridized carbons (Fsp3) is 0.579. The van der Waals surface area contributed by atoms with E-state index in [1.807, 2.05) is 0 Å². The van der Waals surface area contributed by atoms with Crippen LogP contribution >= 0.6 is 23.2 Å². The summed E-state index contributed by atoms with van der Waals surface area (Å²) in [6.45, 7) is 3.73. The van der Waals surface area contributed by atoms with Crippen LogP contribution in [0, 0.1) is 5.92 Å². The maximum absolute atomic E-state index is 12.2. The Bertz CT molecular complexity index is 632. The standard InChI is InChI=1S/C19H25Cl2NO4/c1-12(18(23)22-11-14-6-4-3-5-7-14)26-19(24)13(2)25-17-9-8-15(20)10-16(17)21/h8-10,12-14H,3-7,11H2,1-2H3,(H,22,23)/t12-,13+/m1/s1.